The van der Waals surface area contributed by atoms with Crippen molar-refractivity contribution in [3.63, 3.8) is 0 Å². The Morgan fingerprint density at radius 1 is 1.27 bits per heavy atom. The van der Waals surface area contributed by atoms with Crippen molar-refractivity contribution in [2.75, 3.05) is 12.4 Å². The molecule has 0 radical (unpaired) electrons. The molecule has 15 heteroatoms. The van der Waals surface area contributed by atoms with Crippen molar-refractivity contribution in [2.45, 2.75) is 49.7 Å². The van der Waals surface area contributed by atoms with Gasteiger partial charge in [0.15, 0.2) is 11.2 Å². The minimum Gasteiger partial charge on any atom is -0.453 e. The number of methoxy groups -OCH3 is 1. The summed E-state index contributed by atoms with van der Waals surface area (Å²) in [7, 11) is 1.17. The van der Waals surface area contributed by atoms with Crippen LogP contribution in [0, 0.1) is 5.92 Å². The van der Waals surface area contributed by atoms with Crippen molar-refractivity contribution in [3.05, 3.63) is 41.1 Å². The number of primary amides is 1. The fourth-order valence-electron chi connectivity index (χ4n) is 5.50. The van der Waals surface area contributed by atoms with Gasteiger partial charge in [-0.1, -0.05) is 0 Å². The first-order valence-electron chi connectivity index (χ1n) is 14.4. The standard InChI is InChI=1S/C25H27F2N9O4/c1-34-17-11-29-19(8-16(17)35(24(34)39)14-5-4-13(7-14)31-23(38)40-2)32-18-6-3-12-10-30-36(21(12)33-18)25(22(28)37)9-15(25)20(26)27/h3,6,8,10-11,13-15,20H,4-5,7,9H2,1-2H3,(H2,28,37)(H,31,38)(H,29,32,33)/i1D3,13D. The molecular formula is C25H27F2N9O4. The van der Waals surface area contributed by atoms with Gasteiger partial charge in [-0.25, -0.2) is 33.0 Å². The van der Waals surface area contributed by atoms with Crippen LogP contribution in [0.25, 0.3) is 22.1 Å². The molecular weight excluding hydrogens is 528 g/mol. The number of carbonyl (C=O) groups excluding carboxylic acids is 2. The van der Waals surface area contributed by atoms with Crippen LogP contribution in [-0.2, 0) is 22.0 Å². The zero-order valence-electron chi connectivity index (χ0n) is 25.1. The number of imidazole rings is 1. The van der Waals surface area contributed by atoms with Crippen LogP contribution in [0.2, 0.25) is 0 Å². The average Bonchev–Trinajstić information content (AvgIpc) is 3.22. The summed E-state index contributed by atoms with van der Waals surface area (Å²) in [5, 5.41) is 10.0. The maximum Gasteiger partial charge on any atom is 0.407 e. The largest absolute Gasteiger partial charge is 0.453 e. The molecule has 2 fully saturated rings. The number of carbonyl (C=O) groups is 2. The molecule has 40 heavy (non-hydrogen) atoms. The van der Waals surface area contributed by atoms with E-state index in [2.05, 4.69) is 30.4 Å². The number of ether oxygens (including phenoxy) is 1. The summed E-state index contributed by atoms with van der Waals surface area (Å²) in [4.78, 5) is 46.3. The number of alkyl carbamates (subject to hydrolysis) is 1. The lowest BCUT2D eigenvalue weighted by Crippen LogP contribution is -2.38. The topological polar surface area (TPSA) is 164 Å². The number of hydrogen-bond donors (Lipinski definition) is 3. The lowest BCUT2D eigenvalue weighted by Gasteiger charge is -2.15. The predicted octanol–water partition coefficient (Wildman–Crippen LogP) is 2.14. The lowest BCUT2D eigenvalue weighted by atomic mass is 10.2. The third kappa shape index (κ3) is 3.95. The fourth-order valence-corrected chi connectivity index (χ4v) is 5.50. The number of anilines is 2. The van der Waals surface area contributed by atoms with Crippen LogP contribution in [0.1, 0.15) is 37.2 Å². The van der Waals surface area contributed by atoms with Gasteiger partial charge in [-0.2, -0.15) is 5.10 Å². The molecule has 0 bridgehead atoms. The van der Waals surface area contributed by atoms with E-state index in [1.807, 2.05) is 0 Å². The van der Waals surface area contributed by atoms with Crippen LogP contribution < -0.4 is 22.1 Å². The van der Waals surface area contributed by atoms with Crippen LogP contribution >= 0.6 is 0 Å². The van der Waals surface area contributed by atoms with Crippen molar-refractivity contribution in [1.29, 1.82) is 0 Å². The van der Waals surface area contributed by atoms with Gasteiger partial charge in [-0.15, -0.1) is 0 Å². The summed E-state index contributed by atoms with van der Waals surface area (Å²) in [5.74, 6) is -1.89. The summed E-state index contributed by atoms with van der Waals surface area (Å²) < 4.78 is 67.2. The molecule has 0 aliphatic heterocycles. The highest BCUT2D eigenvalue weighted by molar-refractivity contribution is 5.89. The number of nitrogens with two attached hydrogens (primary N) is 1. The van der Waals surface area contributed by atoms with E-state index in [4.69, 9.17) is 11.2 Å². The molecule has 4 unspecified atom stereocenters. The van der Waals surface area contributed by atoms with Crippen LogP contribution in [0.15, 0.2) is 35.4 Å². The van der Waals surface area contributed by atoms with Crippen molar-refractivity contribution in [2.24, 2.45) is 18.6 Å². The monoisotopic (exact) mass is 559 g/mol. The molecule has 0 spiro atoms. The molecule has 2 aliphatic carbocycles. The number of pyridine rings is 2. The van der Waals surface area contributed by atoms with Crippen molar-refractivity contribution >= 4 is 45.7 Å². The predicted molar refractivity (Wildman–Crippen MR) is 139 cm³/mol. The molecule has 4 aromatic heterocycles. The van der Waals surface area contributed by atoms with Crippen LogP contribution in [0.4, 0.5) is 25.2 Å². The summed E-state index contributed by atoms with van der Waals surface area (Å²) in [6.07, 6.45) is -0.656. The van der Waals surface area contributed by atoms with Crippen LogP contribution in [0.3, 0.4) is 0 Å². The molecule has 4 aromatic rings. The van der Waals surface area contributed by atoms with E-state index in [0.29, 0.717) is 16.4 Å². The molecule has 13 nitrogen and oxygen atoms in total. The smallest absolute Gasteiger partial charge is 0.407 e. The molecule has 4 atom stereocenters. The number of halogens is 2. The molecule has 0 saturated heterocycles. The fraction of sp³-hybridized carbons (Fsp3) is 0.440. The molecule has 0 aromatic carbocycles. The van der Waals surface area contributed by atoms with Crippen LogP contribution in [0.5, 0.6) is 0 Å². The van der Waals surface area contributed by atoms with Crippen molar-refractivity contribution in [3.8, 4) is 0 Å². The van der Waals surface area contributed by atoms with E-state index in [0.717, 1.165) is 4.68 Å². The van der Waals surface area contributed by atoms with Crippen molar-refractivity contribution in [1.82, 2.24) is 34.2 Å². The molecule has 4 N–H and O–H groups in total. The van der Waals surface area contributed by atoms with Gasteiger partial charge in [-0.05, 0) is 37.8 Å². The Morgan fingerprint density at radius 3 is 2.80 bits per heavy atom. The second-order valence-electron chi connectivity index (χ2n) is 9.89. The van der Waals surface area contributed by atoms with Gasteiger partial charge >= 0.3 is 11.8 Å². The third-order valence-electron chi connectivity index (χ3n) is 7.62. The quantitative estimate of drug-likeness (QED) is 0.310. The molecule has 4 heterocycles. The second-order valence-corrected chi connectivity index (χ2v) is 9.89. The highest BCUT2D eigenvalue weighted by Crippen LogP contribution is 2.54. The third-order valence-corrected chi connectivity index (χ3v) is 7.62. The number of hydrogen-bond acceptors (Lipinski definition) is 8. The summed E-state index contributed by atoms with van der Waals surface area (Å²) in [6.45, 7) is -2.83. The van der Waals surface area contributed by atoms with Crippen molar-refractivity contribution < 1.29 is 28.6 Å². The van der Waals surface area contributed by atoms with E-state index < -0.39 is 54.6 Å². The number of amides is 2. The zero-order valence-corrected chi connectivity index (χ0v) is 21.1. The summed E-state index contributed by atoms with van der Waals surface area (Å²) in [6, 6.07) is 2.57. The summed E-state index contributed by atoms with van der Waals surface area (Å²) in [5.41, 5.74) is 3.37. The molecule has 2 aliphatic rings. The van der Waals surface area contributed by atoms with E-state index in [-0.39, 0.29) is 47.6 Å². The Bertz CT molecular complexity index is 1880. The van der Waals surface area contributed by atoms with Gasteiger partial charge in [0.25, 0.3) is 0 Å². The zero-order chi connectivity index (χ0) is 31.8. The normalized spacial score (nSPS) is 27.7. The first-order valence-corrected chi connectivity index (χ1v) is 12.4. The molecule has 6 rings (SSSR count). The van der Waals surface area contributed by atoms with Gasteiger partial charge in [0, 0.05) is 34.6 Å². The Balaban J connectivity index is 1.38. The van der Waals surface area contributed by atoms with Gasteiger partial charge in [0.2, 0.25) is 12.3 Å². The maximum atomic E-state index is 13.5. The minimum absolute atomic E-state index is 0.0106. The number of aryl methyl sites for hydroxylation is 1. The number of alkyl halides is 2. The average molecular weight is 560 g/mol. The second kappa shape index (κ2) is 9.27. The number of aromatic nitrogens is 6. The lowest BCUT2D eigenvalue weighted by molar-refractivity contribution is -0.124. The number of nitrogens with zero attached hydrogens (tertiary/aromatic N) is 6. The molecule has 2 amide bonds. The SMILES string of the molecule is [2H]C1(NC(=O)OC)CCC(n2c(=O)n(C([2H])([2H])[2H])c3cnc(Nc4ccc5cnn(C6(C(N)=O)CC6C(F)F)c5n4)cc32)C1. The Hall–Kier alpha value is -4.56. The van der Waals surface area contributed by atoms with Gasteiger partial charge in [0.05, 0.1) is 37.8 Å². The first-order chi connectivity index (χ1) is 20.7. The Morgan fingerprint density at radius 2 is 2.10 bits per heavy atom. The van der Waals surface area contributed by atoms with E-state index in [1.54, 1.807) is 12.1 Å². The van der Waals surface area contributed by atoms with Gasteiger partial charge in [0.1, 0.15) is 11.6 Å². The summed E-state index contributed by atoms with van der Waals surface area (Å²) >= 11 is 0. The molecule has 210 valence electrons. The Kier molecular flexibility index (Phi) is 4.94. The number of nitrogens with one attached hydrogen (secondary N) is 2. The number of rotatable bonds is 7. The molecule has 2 saturated carbocycles. The highest BCUT2D eigenvalue weighted by Gasteiger charge is 2.66. The van der Waals surface area contributed by atoms with E-state index in [9.17, 15) is 23.2 Å². The first kappa shape index (κ1) is 21.3. The van der Waals surface area contributed by atoms with Gasteiger partial charge in [-0.3, -0.25) is 13.9 Å². The maximum absolute atomic E-state index is 13.5. The highest BCUT2D eigenvalue weighted by atomic mass is 19.3. The minimum atomic E-state index is -2.83. The number of fused-ring (bicyclic) bond motifs is 2. The van der Waals surface area contributed by atoms with Crippen LogP contribution in [-0.4, -0.2) is 60.4 Å². The van der Waals surface area contributed by atoms with E-state index in [1.165, 1.54) is 30.1 Å². The van der Waals surface area contributed by atoms with Gasteiger partial charge < -0.3 is 21.1 Å². The van der Waals surface area contributed by atoms with E-state index >= 15 is 0 Å². The Labute approximate surface area is 230 Å².